The first-order valence-electron chi connectivity index (χ1n) is 6.46. The van der Waals surface area contributed by atoms with E-state index in [9.17, 15) is 13.2 Å². The molecule has 0 aromatic carbocycles. The molecular formula is C11H23N3O3S. The minimum Gasteiger partial charge on any atom is -0.370 e. The summed E-state index contributed by atoms with van der Waals surface area (Å²) in [7, 11) is -3.20. The number of primary amides is 1. The highest BCUT2D eigenvalue weighted by atomic mass is 32.2. The van der Waals surface area contributed by atoms with Gasteiger partial charge in [0.1, 0.15) is 0 Å². The van der Waals surface area contributed by atoms with Crippen LogP contribution in [0.25, 0.3) is 0 Å². The van der Waals surface area contributed by atoms with Crippen molar-refractivity contribution in [1.29, 1.82) is 0 Å². The van der Waals surface area contributed by atoms with Crippen LogP contribution < -0.4 is 15.8 Å². The van der Waals surface area contributed by atoms with Gasteiger partial charge in [0.2, 0.25) is 15.9 Å². The number of nitrogens with two attached hydrogens (primary N) is 1. The molecule has 0 aromatic heterocycles. The van der Waals surface area contributed by atoms with E-state index in [2.05, 4.69) is 10.0 Å². The fourth-order valence-electron chi connectivity index (χ4n) is 2.05. The molecular weight excluding hydrogens is 254 g/mol. The Morgan fingerprint density at radius 3 is 2.61 bits per heavy atom. The standard InChI is InChI=1S/C11H23N3O3S/c12-11(15)2-1-6-14-18(16,17)9-5-10-3-7-13-8-4-10/h10,13-14H,1-9H2,(H2,12,15). The zero-order valence-corrected chi connectivity index (χ0v) is 11.5. The number of sulfonamides is 1. The Morgan fingerprint density at radius 2 is 2.00 bits per heavy atom. The van der Waals surface area contributed by atoms with Crippen LogP contribution in [0.3, 0.4) is 0 Å². The van der Waals surface area contributed by atoms with E-state index in [4.69, 9.17) is 5.73 Å². The van der Waals surface area contributed by atoms with Gasteiger partial charge in [0, 0.05) is 13.0 Å². The topological polar surface area (TPSA) is 101 Å². The molecule has 0 aromatic rings. The molecule has 1 rings (SSSR count). The van der Waals surface area contributed by atoms with E-state index >= 15 is 0 Å². The molecule has 1 heterocycles. The summed E-state index contributed by atoms with van der Waals surface area (Å²) in [5, 5.41) is 3.26. The first kappa shape index (κ1) is 15.4. The first-order valence-corrected chi connectivity index (χ1v) is 8.11. The van der Waals surface area contributed by atoms with Crippen LogP contribution in [0.4, 0.5) is 0 Å². The number of carbonyl (C=O) groups excluding carboxylic acids is 1. The van der Waals surface area contributed by atoms with Crippen molar-refractivity contribution in [1.82, 2.24) is 10.0 Å². The van der Waals surface area contributed by atoms with Gasteiger partial charge in [-0.15, -0.1) is 0 Å². The lowest BCUT2D eigenvalue weighted by Gasteiger charge is -2.22. The number of hydrogen-bond acceptors (Lipinski definition) is 4. The van der Waals surface area contributed by atoms with Crippen LogP contribution in [0.2, 0.25) is 0 Å². The molecule has 6 nitrogen and oxygen atoms in total. The molecule has 0 unspecified atom stereocenters. The number of amides is 1. The number of rotatable bonds is 8. The molecule has 0 radical (unpaired) electrons. The van der Waals surface area contributed by atoms with Crippen LogP contribution >= 0.6 is 0 Å². The molecule has 0 bridgehead atoms. The summed E-state index contributed by atoms with van der Waals surface area (Å²) in [5.74, 6) is 0.283. The second kappa shape index (κ2) is 7.70. The monoisotopic (exact) mass is 277 g/mol. The Balaban J connectivity index is 2.16. The van der Waals surface area contributed by atoms with Crippen LogP contribution in [0, 0.1) is 5.92 Å². The molecule has 1 aliphatic rings. The van der Waals surface area contributed by atoms with E-state index in [-0.39, 0.29) is 18.7 Å². The summed E-state index contributed by atoms with van der Waals surface area (Å²) < 4.78 is 25.9. The highest BCUT2D eigenvalue weighted by Crippen LogP contribution is 2.16. The van der Waals surface area contributed by atoms with Gasteiger partial charge in [-0.2, -0.15) is 0 Å². The summed E-state index contributed by atoms with van der Waals surface area (Å²) in [4.78, 5) is 10.5. The minimum absolute atomic E-state index is 0.175. The highest BCUT2D eigenvalue weighted by Gasteiger charge is 2.17. The summed E-state index contributed by atoms with van der Waals surface area (Å²) in [6, 6.07) is 0. The first-order chi connectivity index (χ1) is 8.49. The molecule has 106 valence electrons. The van der Waals surface area contributed by atoms with Crippen LogP contribution in [0.15, 0.2) is 0 Å². The van der Waals surface area contributed by atoms with Crippen molar-refractivity contribution in [2.45, 2.75) is 32.1 Å². The van der Waals surface area contributed by atoms with E-state index < -0.39 is 15.9 Å². The number of piperidine rings is 1. The van der Waals surface area contributed by atoms with Crippen molar-refractivity contribution in [3.05, 3.63) is 0 Å². The molecule has 1 amide bonds. The molecule has 4 N–H and O–H groups in total. The van der Waals surface area contributed by atoms with Crippen LogP contribution in [0.5, 0.6) is 0 Å². The molecule has 0 atom stereocenters. The maximum absolute atomic E-state index is 11.7. The fourth-order valence-corrected chi connectivity index (χ4v) is 3.30. The van der Waals surface area contributed by atoms with Gasteiger partial charge in [-0.3, -0.25) is 4.79 Å². The number of hydrogen-bond donors (Lipinski definition) is 3. The van der Waals surface area contributed by atoms with Crippen LogP contribution in [-0.2, 0) is 14.8 Å². The number of nitrogens with one attached hydrogen (secondary N) is 2. The van der Waals surface area contributed by atoms with E-state index in [0.29, 0.717) is 18.8 Å². The Morgan fingerprint density at radius 1 is 1.33 bits per heavy atom. The van der Waals surface area contributed by atoms with E-state index in [1.54, 1.807) is 0 Å². The van der Waals surface area contributed by atoms with E-state index in [0.717, 1.165) is 25.9 Å². The summed E-state index contributed by atoms with van der Waals surface area (Å²) in [6.45, 7) is 2.25. The van der Waals surface area contributed by atoms with Gasteiger partial charge >= 0.3 is 0 Å². The third kappa shape index (κ3) is 6.93. The molecule has 0 aliphatic carbocycles. The Bertz CT molecular complexity index is 351. The fraction of sp³-hybridized carbons (Fsp3) is 0.909. The molecule has 7 heteroatoms. The maximum Gasteiger partial charge on any atom is 0.217 e. The third-order valence-corrected chi connectivity index (χ3v) is 4.59. The van der Waals surface area contributed by atoms with Gasteiger partial charge in [0.15, 0.2) is 0 Å². The molecule has 0 saturated carbocycles. The van der Waals surface area contributed by atoms with Crippen LogP contribution in [-0.4, -0.2) is 39.7 Å². The number of carbonyl (C=O) groups is 1. The maximum atomic E-state index is 11.7. The average molecular weight is 277 g/mol. The molecule has 1 fully saturated rings. The second-order valence-electron chi connectivity index (χ2n) is 4.77. The Hall–Kier alpha value is -0.660. The molecule has 1 saturated heterocycles. The van der Waals surface area contributed by atoms with Gasteiger partial charge in [-0.05, 0) is 44.7 Å². The molecule has 1 aliphatic heterocycles. The Kier molecular flexibility index (Phi) is 6.59. The van der Waals surface area contributed by atoms with Gasteiger partial charge in [-0.1, -0.05) is 0 Å². The lowest BCUT2D eigenvalue weighted by atomic mass is 9.96. The van der Waals surface area contributed by atoms with Crippen molar-refractivity contribution < 1.29 is 13.2 Å². The van der Waals surface area contributed by atoms with Gasteiger partial charge in [0.05, 0.1) is 5.75 Å². The largest absolute Gasteiger partial charge is 0.370 e. The predicted octanol–water partition coefficient (Wildman–Crippen LogP) is -0.439. The highest BCUT2D eigenvalue weighted by molar-refractivity contribution is 7.89. The van der Waals surface area contributed by atoms with Crippen molar-refractivity contribution in [2.75, 3.05) is 25.4 Å². The average Bonchev–Trinajstić information content (AvgIpc) is 2.34. The lowest BCUT2D eigenvalue weighted by molar-refractivity contribution is -0.118. The SMILES string of the molecule is NC(=O)CCCNS(=O)(=O)CCC1CCNCC1. The van der Waals surface area contributed by atoms with E-state index in [1.165, 1.54) is 0 Å². The second-order valence-corrected chi connectivity index (χ2v) is 6.69. The van der Waals surface area contributed by atoms with Crippen molar-refractivity contribution in [3.8, 4) is 0 Å². The van der Waals surface area contributed by atoms with Gasteiger partial charge < -0.3 is 11.1 Å². The zero-order chi connectivity index (χ0) is 13.4. The third-order valence-electron chi connectivity index (χ3n) is 3.18. The summed E-state index contributed by atoms with van der Waals surface area (Å²) >= 11 is 0. The smallest absolute Gasteiger partial charge is 0.217 e. The Labute approximate surface area is 109 Å². The molecule has 18 heavy (non-hydrogen) atoms. The van der Waals surface area contributed by atoms with Crippen molar-refractivity contribution in [2.24, 2.45) is 11.7 Å². The quantitative estimate of drug-likeness (QED) is 0.524. The summed E-state index contributed by atoms with van der Waals surface area (Å²) in [5.41, 5.74) is 4.98. The molecule has 0 spiro atoms. The van der Waals surface area contributed by atoms with Gasteiger partial charge in [0.25, 0.3) is 0 Å². The minimum atomic E-state index is -3.20. The predicted molar refractivity (Wildman–Crippen MR) is 70.4 cm³/mol. The zero-order valence-electron chi connectivity index (χ0n) is 10.7. The lowest BCUT2D eigenvalue weighted by Crippen LogP contribution is -2.32. The van der Waals surface area contributed by atoms with Gasteiger partial charge in [-0.25, -0.2) is 13.1 Å². The normalized spacial score (nSPS) is 17.8. The van der Waals surface area contributed by atoms with Crippen molar-refractivity contribution >= 4 is 15.9 Å². The van der Waals surface area contributed by atoms with Crippen molar-refractivity contribution in [3.63, 3.8) is 0 Å². The van der Waals surface area contributed by atoms with E-state index in [1.807, 2.05) is 0 Å². The van der Waals surface area contributed by atoms with Crippen LogP contribution in [0.1, 0.15) is 32.1 Å². The summed E-state index contributed by atoms with van der Waals surface area (Å²) in [6.07, 6.45) is 3.50.